The molecule has 0 unspecified atom stereocenters. The Kier molecular flexibility index (Phi) is 4.29. The number of carbonyl (C=O) groups is 1. The van der Waals surface area contributed by atoms with Gasteiger partial charge in [0.15, 0.2) is 5.82 Å². The number of anilines is 1. The molecule has 18 heavy (non-hydrogen) atoms. The van der Waals surface area contributed by atoms with Crippen molar-refractivity contribution in [2.24, 2.45) is 5.84 Å². The van der Waals surface area contributed by atoms with E-state index in [0.717, 1.165) is 9.35 Å². The molecule has 0 spiro atoms. The van der Waals surface area contributed by atoms with Crippen molar-refractivity contribution in [2.75, 3.05) is 5.43 Å². The first-order chi connectivity index (χ1) is 8.70. The third-order valence-corrected chi connectivity index (χ3v) is 3.93. The van der Waals surface area contributed by atoms with Crippen molar-refractivity contribution < 1.29 is 4.79 Å². The van der Waals surface area contributed by atoms with E-state index in [1.807, 2.05) is 11.4 Å². The van der Waals surface area contributed by atoms with Gasteiger partial charge in [0.2, 0.25) is 0 Å². The molecule has 0 atom stereocenters. The summed E-state index contributed by atoms with van der Waals surface area (Å²) >= 11 is 4.95. The summed E-state index contributed by atoms with van der Waals surface area (Å²) in [5.41, 5.74) is 2.83. The molecule has 0 aliphatic rings. The lowest BCUT2D eigenvalue weighted by Crippen LogP contribution is -2.24. The van der Waals surface area contributed by atoms with Crippen LogP contribution in [0.5, 0.6) is 0 Å². The van der Waals surface area contributed by atoms with Gasteiger partial charge in [-0.2, -0.15) is 0 Å². The second-order valence-electron chi connectivity index (χ2n) is 3.46. The molecule has 0 radical (unpaired) electrons. The molecule has 0 saturated heterocycles. The Labute approximate surface area is 117 Å². The van der Waals surface area contributed by atoms with Crippen LogP contribution in [-0.4, -0.2) is 10.9 Å². The highest BCUT2D eigenvalue weighted by atomic mass is 79.9. The van der Waals surface area contributed by atoms with Gasteiger partial charge in [0.05, 0.1) is 12.1 Å². The Balaban J connectivity index is 2.03. The molecule has 2 aromatic rings. The molecule has 0 aromatic carbocycles. The maximum Gasteiger partial charge on any atom is 0.255 e. The molecular weight excluding hydrogens is 316 g/mol. The first kappa shape index (κ1) is 13.0. The second kappa shape index (κ2) is 5.94. The molecule has 0 saturated carbocycles. The van der Waals surface area contributed by atoms with Crippen LogP contribution in [-0.2, 0) is 6.54 Å². The third kappa shape index (κ3) is 3.06. The molecule has 0 aliphatic heterocycles. The average Bonchev–Trinajstić information content (AvgIpc) is 2.81. The van der Waals surface area contributed by atoms with E-state index in [1.54, 1.807) is 29.7 Å². The summed E-state index contributed by atoms with van der Waals surface area (Å²) in [6.07, 6.45) is 1.57. The van der Waals surface area contributed by atoms with Crippen LogP contribution in [0.4, 0.5) is 5.82 Å². The van der Waals surface area contributed by atoms with Crippen LogP contribution in [0.3, 0.4) is 0 Å². The quantitative estimate of drug-likeness (QED) is 0.594. The molecule has 1 amide bonds. The van der Waals surface area contributed by atoms with Crippen molar-refractivity contribution in [3.8, 4) is 0 Å². The molecule has 5 nitrogen and oxygen atoms in total. The van der Waals surface area contributed by atoms with Gasteiger partial charge in [-0.25, -0.2) is 10.8 Å². The number of nitrogens with one attached hydrogen (secondary N) is 2. The predicted octanol–water partition coefficient (Wildman–Crippen LogP) is 2.12. The van der Waals surface area contributed by atoms with Crippen LogP contribution in [0.2, 0.25) is 0 Å². The van der Waals surface area contributed by atoms with E-state index in [0.29, 0.717) is 17.9 Å². The highest BCUT2D eigenvalue weighted by Gasteiger charge is 2.11. The lowest BCUT2D eigenvalue weighted by molar-refractivity contribution is 0.0952. The number of aromatic nitrogens is 1. The summed E-state index contributed by atoms with van der Waals surface area (Å²) in [6.45, 7) is 0.480. The number of pyridine rings is 1. The van der Waals surface area contributed by atoms with Crippen LogP contribution >= 0.6 is 27.3 Å². The minimum absolute atomic E-state index is 0.208. The van der Waals surface area contributed by atoms with Crippen LogP contribution in [0.15, 0.2) is 34.2 Å². The van der Waals surface area contributed by atoms with Crippen LogP contribution in [0.1, 0.15) is 15.2 Å². The topological polar surface area (TPSA) is 80.0 Å². The fourth-order valence-electron chi connectivity index (χ4n) is 1.41. The molecule has 2 rings (SSSR count). The van der Waals surface area contributed by atoms with E-state index in [2.05, 4.69) is 31.7 Å². The predicted molar refractivity (Wildman–Crippen MR) is 75.2 cm³/mol. The fraction of sp³-hybridized carbons (Fsp3) is 0.0909. The van der Waals surface area contributed by atoms with Gasteiger partial charge < -0.3 is 10.7 Å². The first-order valence-electron chi connectivity index (χ1n) is 5.13. The number of nitrogens with zero attached hydrogens (tertiary/aromatic N) is 1. The van der Waals surface area contributed by atoms with Gasteiger partial charge in [0.25, 0.3) is 5.91 Å². The molecule has 4 N–H and O–H groups in total. The third-order valence-electron chi connectivity index (χ3n) is 2.23. The standard InChI is InChI=1S/C11H11BrN4OS/c12-7-4-8(18-6-7)5-15-11(17)9-2-1-3-14-10(9)16-13/h1-4,6H,5,13H2,(H,14,16)(H,15,17). The van der Waals surface area contributed by atoms with Crippen molar-refractivity contribution in [1.29, 1.82) is 0 Å². The number of rotatable bonds is 4. The van der Waals surface area contributed by atoms with E-state index in [9.17, 15) is 4.79 Å². The SMILES string of the molecule is NNc1ncccc1C(=O)NCc1cc(Br)cs1. The number of hydrazine groups is 1. The maximum atomic E-state index is 12.0. The lowest BCUT2D eigenvalue weighted by atomic mass is 10.2. The maximum absolute atomic E-state index is 12.0. The van der Waals surface area contributed by atoms with Crippen LogP contribution in [0, 0.1) is 0 Å². The summed E-state index contributed by atoms with van der Waals surface area (Å²) < 4.78 is 1.02. The van der Waals surface area contributed by atoms with Gasteiger partial charge in [-0.15, -0.1) is 11.3 Å². The highest BCUT2D eigenvalue weighted by Crippen LogP contribution is 2.19. The smallest absolute Gasteiger partial charge is 0.255 e. The lowest BCUT2D eigenvalue weighted by Gasteiger charge is -2.07. The molecular formula is C11H11BrN4OS. The number of carbonyl (C=O) groups excluding carboxylic acids is 1. The van der Waals surface area contributed by atoms with Gasteiger partial charge in [-0.05, 0) is 34.1 Å². The van der Waals surface area contributed by atoms with E-state index in [4.69, 9.17) is 5.84 Å². The normalized spacial score (nSPS) is 10.1. The number of nitrogens with two attached hydrogens (primary N) is 1. The van der Waals surface area contributed by atoms with E-state index >= 15 is 0 Å². The Hall–Kier alpha value is -1.44. The molecule has 2 aromatic heterocycles. The minimum Gasteiger partial charge on any atom is -0.347 e. The monoisotopic (exact) mass is 326 g/mol. The zero-order valence-corrected chi connectivity index (χ0v) is 11.7. The Bertz CT molecular complexity index is 557. The molecule has 2 heterocycles. The van der Waals surface area contributed by atoms with E-state index in [-0.39, 0.29) is 5.91 Å². The van der Waals surface area contributed by atoms with Gasteiger partial charge in [0, 0.05) is 20.9 Å². The minimum atomic E-state index is -0.208. The zero-order chi connectivity index (χ0) is 13.0. The van der Waals surface area contributed by atoms with Crippen molar-refractivity contribution in [1.82, 2.24) is 10.3 Å². The molecule has 0 bridgehead atoms. The van der Waals surface area contributed by atoms with Crippen molar-refractivity contribution in [3.05, 3.63) is 44.7 Å². The zero-order valence-electron chi connectivity index (χ0n) is 9.31. The van der Waals surface area contributed by atoms with Gasteiger partial charge in [-0.3, -0.25) is 4.79 Å². The van der Waals surface area contributed by atoms with E-state index < -0.39 is 0 Å². The number of hydrogen-bond donors (Lipinski definition) is 3. The first-order valence-corrected chi connectivity index (χ1v) is 6.80. The number of amides is 1. The van der Waals surface area contributed by atoms with Gasteiger partial charge in [0.1, 0.15) is 0 Å². The summed E-state index contributed by atoms with van der Waals surface area (Å²) in [5.74, 6) is 5.46. The molecule has 94 valence electrons. The highest BCUT2D eigenvalue weighted by molar-refractivity contribution is 9.10. The summed E-state index contributed by atoms with van der Waals surface area (Å²) in [4.78, 5) is 17.0. The van der Waals surface area contributed by atoms with Gasteiger partial charge in [-0.1, -0.05) is 0 Å². The summed E-state index contributed by atoms with van der Waals surface area (Å²) in [7, 11) is 0. The Morgan fingerprint density at radius 2 is 2.39 bits per heavy atom. The van der Waals surface area contributed by atoms with Gasteiger partial charge >= 0.3 is 0 Å². The summed E-state index contributed by atoms with van der Waals surface area (Å²) in [5, 5.41) is 4.79. The number of halogens is 1. The molecule has 0 fully saturated rings. The Morgan fingerprint density at radius 3 is 3.06 bits per heavy atom. The summed E-state index contributed by atoms with van der Waals surface area (Å²) in [6, 6.07) is 5.33. The van der Waals surface area contributed by atoms with Crippen molar-refractivity contribution >= 4 is 39.0 Å². The molecule has 7 heteroatoms. The van der Waals surface area contributed by atoms with Crippen molar-refractivity contribution in [3.63, 3.8) is 0 Å². The Morgan fingerprint density at radius 1 is 1.56 bits per heavy atom. The molecule has 0 aliphatic carbocycles. The van der Waals surface area contributed by atoms with Crippen LogP contribution < -0.4 is 16.6 Å². The number of hydrogen-bond acceptors (Lipinski definition) is 5. The average molecular weight is 327 g/mol. The number of thiophene rings is 1. The second-order valence-corrected chi connectivity index (χ2v) is 5.37. The van der Waals surface area contributed by atoms with Crippen molar-refractivity contribution in [2.45, 2.75) is 6.54 Å². The largest absolute Gasteiger partial charge is 0.347 e. The fourth-order valence-corrected chi connectivity index (χ4v) is 2.80. The van der Waals surface area contributed by atoms with Crippen LogP contribution in [0.25, 0.3) is 0 Å². The number of nitrogen functional groups attached to an aromatic ring is 1. The van der Waals surface area contributed by atoms with E-state index in [1.165, 1.54) is 0 Å².